The summed E-state index contributed by atoms with van der Waals surface area (Å²) in [6.07, 6.45) is 1.67. The fourth-order valence-corrected chi connectivity index (χ4v) is 2.17. The zero-order valence-electron chi connectivity index (χ0n) is 12.5. The Morgan fingerprint density at radius 3 is 2.11 bits per heavy atom. The molecule has 0 aromatic heterocycles. The third-order valence-corrected chi connectivity index (χ3v) is 2.96. The number of likely N-dealkylation sites (tertiary alicyclic amines) is 1. The van der Waals surface area contributed by atoms with Gasteiger partial charge in [0.15, 0.2) is 0 Å². The number of rotatable bonds is 1. The van der Waals surface area contributed by atoms with Crippen molar-refractivity contribution in [3.8, 4) is 0 Å². The van der Waals surface area contributed by atoms with Gasteiger partial charge in [0.05, 0.1) is 0 Å². The second kappa shape index (κ2) is 4.90. The van der Waals surface area contributed by atoms with Gasteiger partial charge < -0.3 is 10.2 Å². The van der Waals surface area contributed by atoms with Crippen LogP contribution in [-0.2, 0) is 9.59 Å². The summed E-state index contributed by atoms with van der Waals surface area (Å²) < 4.78 is 0. The van der Waals surface area contributed by atoms with Crippen molar-refractivity contribution in [2.75, 3.05) is 6.54 Å². The van der Waals surface area contributed by atoms with Crippen LogP contribution in [0, 0.1) is 5.41 Å². The van der Waals surface area contributed by atoms with Crippen molar-refractivity contribution in [3.05, 3.63) is 0 Å². The molecule has 0 aliphatic carbocycles. The third-order valence-electron chi connectivity index (χ3n) is 2.96. The Balaban J connectivity index is 2.77. The molecular weight excluding hydrogens is 228 g/mol. The van der Waals surface area contributed by atoms with E-state index in [2.05, 4.69) is 5.32 Å². The van der Waals surface area contributed by atoms with E-state index in [1.807, 2.05) is 41.5 Å². The van der Waals surface area contributed by atoms with Gasteiger partial charge in [-0.05, 0) is 33.6 Å². The molecule has 0 aromatic carbocycles. The van der Waals surface area contributed by atoms with Crippen molar-refractivity contribution in [2.24, 2.45) is 5.41 Å². The summed E-state index contributed by atoms with van der Waals surface area (Å²) in [6.45, 7) is 12.2. The Morgan fingerprint density at radius 1 is 1.11 bits per heavy atom. The van der Waals surface area contributed by atoms with Crippen LogP contribution >= 0.6 is 0 Å². The minimum absolute atomic E-state index is 0.0300. The van der Waals surface area contributed by atoms with Crippen molar-refractivity contribution in [1.29, 1.82) is 0 Å². The molecule has 1 N–H and O–H groups in total. The van der Waals surface area contributed by atoms with Crippen molar-refractivity contribution in [1.82, 2.24) is 10.2 Å². The summed E-state index contributed by atoms with van der Waals surface area (Å²) >= 11 is 0. The highest BCUT2D eigenvalue weighted by atomic mass is 16.2. The van der Waals surface area contributed by atoms with E-state index in [1.54, 1.807) is 4.90 Å². The number of hydrogen-bond acceptors (Lipinski definition) is 2. The van der Waals surface area contributed by atoms with Gasteiger partial charge in [0, 0.05) is 17.5 Å². The van der Waals surface area contributed by atoms with E-state index < -0.39 is 5.41 Å². The van der Waals surface area contributed by atoms with Crippen molar-refractivity contribution < 1.29 is 9.59 Å². The van der Waals surface area contributed by atoms with E-state index in [0.29, 0.717) is 6.54 Å². The van der Waals surface area contributed by atoms with Gasteiger partial charge in [-0.15, -0.1) is 0 Å². The first kappa shape index (κ1) is 15.0. The molecule has 0 spiro atoms. The molecule has 1 aliphatic heterocycles. The molecule has 104 valence electrons. The fraction of sp³-hybridized carbons (Fsp3) is 0.857. The van der Waals surface area contributed by atoms with Gasteiger partial charge in [-0.2, -0.15) is 0 Å². The standard InChI is InChI=1S/C14H26N2O2/c1-13(2,3)12(18)16-9-7-8-10(16)11(17)15-14(4,5)6/h10H,7-9H2,1-6H3,(H,15,17)/t10-/m0/s1. The molecule has 1 saturated heterocycles. The second-order valence-electron chi connectivity index (χ2n) is 7.15. The van der Waals surface area contributed by atoms with E-state index in [4.69, 9.17) is 0 Å². The van der Waals surface area contributed by atoms with E-state index >= 15 is 0 Å². The Morgan fingerprint density at radius 2 is 1.67 bits per heavy atom. The van der Waals surface area contributed by atoms with E-state index in [-0.39, 0.29) is 23.4 Å². The van der Waals surface area contributed by atoms with Gasteiger partial charge in [-0.25, -0.2) is 0 Å². The van der Waals surface area contributed by atoms with Crippen molar-refractivity contribution >= 4 is 11.8 Å². The molecule has 4 heteroatoms. The van der Waals surface area contributed by atoms with Crippen LogP contribution in [0.2, 0.25) is 0 Å². The molecule has 0 unspecified atom stereocenters. The van der Waals surface area contributed by atoms with Gasteiger partial charge in [0.1, 0.15) is 6.04 Å². The summed E-state index contributed by atoms with van der Waals surface area (Å²) in [5.41, 5.74) is -0.680. The predicted octanol–water partition coefficient (Wildman–Crippen LogP) is 1.94. The normalized spacial score (nSPS) is 21.0. The summed E-state index contributed by atoms with van der Waals surface area (Å²) in [6, 6.07) is -0.295. The quantitative estimate of drug-likeness (QED) is 0.777. The van der Waals surface area contributed by atoms with Crippen LogP contribution in [0.5, 0.6) is 0 Å². The molecule has 1 rings (SSSR count). The van der Waals surface area contributed by atoms with E-state index in [9.17, 15) is 9.59 Å². The minimum Gasteiger partial charge on any atom is -0.350 e. The lowest BCUT2D eigenvalue weighted by atomic mass is 9.94. The van der Waals surface area contributed by atoms with Crippen molar-refractivity contribution in [3.63, 3.8) is 0 Å². The van der Waals surface area contributed by atoms with E-state index in [1.165, 1.54) is 0 Å². The number of carbonyl (C=O) groups is 2. The monoisotopic (exact) mass is 254 g/mol. The molecule has 1 fully saturated rings. The SMILES string of the molecule is CC(C)(C)NC(=O)[C@@H]1CCCN1C(=O)C(C)(C)C. The molecule has 1 heterocycles. The Hall–Kier alpha value is -1.06. The molecule has 0 aromatic rings. The van der Waals surface area contributed by atoms with E-state index in [0.717, 1.165) is 12.8 Å². The summed E-state index contributed by atoms with van der Waals surface area (Å²) in [7, 11) is 0. The lowest BCUT2D eigenvalue weighted by Crippen LogP contribution is -2.53. The van der Waals surface area contributed by atoms with Crippen LogP contribution in [0.25, 0.3) is 0 Å². The maximum atomic E-state index is 12.3. The van der Waals surface area contributed by atoms with Gasteiger partial charge in [-0.1, -0.05) is 20.8 Å². The minimum atomic E-state index is -0.426. The van der Waals surface area contributed by atoms with Crippen LogP contribution in [0.3, 0.4) is 0 Å². The lowest BCUT2D eigenvalue weighted by Gasteiger charge is -2.32. The van der Waals surface area contributed by atoms with Crippen LogP contribution in [0.1, 0.15) is 54.4 Å². The second-order valence-corrected chi connectivity index (χ2v) is 7.15. The zero-order chi connectivity index (χ0) is 14.1. The maximum absolute atomic E-state index is 12.3. The van der Waals surface area contributed by atoms with Crippen LogP contribution in [0.15, 0.2) is 0 Å². The Kier molecular flexibility index (Phi) is 4.08. The first-order chi connectivity index (χ1) is 8.02. The number of nitrogens with zero attached hydrogens (tertiary/aromatic N) is 1. The number of nitrogens with one attached hydrogen (secondary N) is 1. The van der Waals surface area contributed by atoms with Gasteiger partial charge in [0.25, 0.3) is 0 Å². The topological polar surface area (TPSA) is 49.4 Å². The smallest absolute Gasteiger partial charge is 0.243 e. The van der Waals surface area contributed by atoms with Crippen molar-refractivity contribution in [2.45, 2.75) is 66.0 Å². The summed E-state index contributed by atoms with van der Waals surface area (Å²) in [5.74, 6) is 0.0339. The molecule has 0 saturated carbocycles. The Labute approximate surface area is 110 Å². The predicted molar refractivity (Wildman–Crippen MR) is 72.1 cm³/mol. The summed E-state index contributed by atoms with van der Waals surface area (Å²) in [5, 5.41) is 2.96. The van der Waals surface area contributed by atoms with Gasteiger partial charge in [0.2, 0.25) is 11.8 Å². The number of amides is 2. The summed E-state index contributed by atoms with van der Waals surface area (Å²) in [4.78, 5) is 26.2. The molecule has 1 atom stereocenters. The molecule has 1 aliphatic rings. The number of carbonyl (C=O) groups excluding carboxylic acids is 2. The first-order valence-electron chi connectivity index (χ1n) is 6.65. The average Bonchev–Trinajstić information content (AvgIpc) is 2.60. The molecule has 0 bridgehead atoms. The average molecular weight is 254 g/mol. The first-order valence-corrected chi connectivity index (χ1v) is 6.65. The highest BCUT2D eigenvalue weighted by molar-refractivity contribution is 5.90. The lowest BCUT2D eigenvalue weighted by molar-refractivity contribution is -0.145. The number of hydrogen-bond donors (Lipinski definition) is 1. The molecular formula is C14H26N2O2. The molecule has 0 radical (unpaired) electrons. The largest absolute Gasteiger partial charge is 0.350 e. The highest BCUT2D eigenvalue weighted by Crippen LogP contribution is 2.25. The maximum Gasteiger partial charge on any atom is 0.243 e. The fourth-order valence-electron chi connectivity index (χ4n) is 2.17. The zero-order valence-corrected chi connectivity index (χ0v) is 12.5. The third kappa shape index (κ3) is 3.72. The Bertz CT molecular complexity index is 337. The van der Waals surface area contributed by atoms with Gasteiger partial charge in [-0.3, -0.25) is 9.59 Å². The molecule has 4 nitrogen and oxygen atoms in total. The van der Waals surface area contributed by atoms with Crippen LogP contribution < -0.4 is 5.32 Å². The van der Waals surface area contributed by atoms with Crippen LogP contribution in [-0.4, -0.2) is 34.8 Å². The molecule has 2 amide bonds. The van der Waals surface area contributed by atoms with Crippen LogP contribution in [0.4, 0.5) is 0 Å². The highest BCUT2D eigenvalue weighted by Gasteiger charge is 2.39. The van der Waals surface area contributed by atoms with Gasteiger partial charge >= 0.3 is 0 Å². The molecule has 18 heavy (non-hydrogen) atoms.